The summed E-state index contributed by atoms with van der Waals surface area (Å²) in [5, 5.41) is 5.92. The molecule has 0 radical (unpaired) electrons. The summed E-state index contributed by atoms with van der Waals surface area (Å²) in [6, 6.07) is 4.90. The molecule has 1 aromatic heterocycles. The van der Waals surface area contributed by atoms with Crippen molar-refractivity contribution in [2.24, 2.45) is 5.92 Å². The number of anilines is 2. The van der Waals surface area contributed by atoms with E-state index in [1.54, 1.807) is 12.1 Å². The summed E-state index contributed by atoms with van der Waals surface area (Å²) in [6.45, 7) is 7.39. The predicted octanol–water partition coefficient (Wildman–Crippen LogP) is 5.37. The quantitative estimate of drug-likeness (QED) is 0.368. The molecule has 1 saturated heterocycles. The molecule has 2 aromatic rings. The van der Waals surface area contributed by atoms with Crippen LogP contribution in [0.15, 0.2) is 23.6 Å². The number of nitrogens with zero attached hydrogens (tertiary/aromatic N) is 2. The fraction of sp³-hybridized carbons (Fsp3) is 0.565. The maximum absolute atomic E-state index is 14.3. The predicted molar refractivity (Wildman–Crippen MR) is 121 cm³/mol. The number of hydrogen-bond acceptors (Lipinski definition) is 7. The minimum Gasteiger partial charge on any atom is -0.491 e. The first-order chi connectivity index (χ1) is 15.1. The number of ether oxygens (including phenoxy) is 2. The molecule has 0 bridgehead atoms. The third-order valence-electron chi connectivity index (χ3n) is 5.33. The molecule has 170 valence electrons. The van der Waals surface area contributed by atoms with Gasteiger partial charge in [-0.3, -0.25) is 9.69 Å². The molecule has 1 N–H and O–H groups in total. The number of carbonyl (C=O) groups excluding carboxylic acids is 1. The van der Waals surface area contributed by atoms with E-state index in [1.807, 2.05) is 12.3 Å². The second-order valence-electron chi connectivity index (χ2n) is 7.77. The van der Waals surface area contributed by atoms with Crippen LogP contribution in [-0.2, 0) is 16.1 Å². The molecular formula is C23H32FN3O3S. The van der Waals surface area contributed by atoms with E-state index in [9.17, 15) is 9.18 Å². The molecule has 0 atom stereocenters. The van der Waals surface area contributed by atoms with Crippen molar-refractivity contribution in [1.82, 2.24) is 9.88 Å². The third kappa shape index (κ3) is 7.18. The highest BCUT2D eigenvalue weighted by Gasteiger charge is 2.26. The van der Waals surface area contributed by atoms with Gasteiger partial charge in [-0.05, 0) is 51.4 Å². The molecule has 0 unspecified atom stereocenters. The molecular weight excluding hydrogens is 417 g/mol. The van der Waals surface area contributed by atoms with Gasteiger partial charge in [0, 0.05) is 23.7 Å². The van der Waals surface area contributed by atoms with Gasteiger partial charge in [0.15, 0.2) is 16.7 Å². The highest BCUT2D eigenvalue weighted by Crippen LogP contribution is 2.27. The fourth-order valence-electron chi connectivity index (χ4n) is 3.61. The third-order valence-corrected chi connectivity index (χ3v) is 6.14. The van der Waals surface area contributed by atoms with E-state index in [-0.39, 0.29) is 23.5 Å². The van der Waals surface area contributed by atoms with Crippen LogP contribution in [0.3, 0.4) is 0 Å². The van der Waals surface area contributed by atoms with Crippen LogP contribution < -0.4 is 10.1 Å². The first-order valence-electron chi connectivity index (χ1n) is 11.1. The minimum absolute atomic E-state index is 0.0114. The fourth-order valence-corrected chi connectivity index (χ4v) is 4.33. The number of hydrogen-bond donors (Lipinski definition) is 1. The van der Waals surface area contributed by atoms with Crippen molar-refractivity contribution in [3.63, 3.8) is 0 Å². The lowest BCUT2D eigenvalue weighted by Gasteiger charge is -2.30. The van der Waals surface area contributed by atoms with Crippen molar-refractivity contribution in [3.05, 3.63) is 35.1 Å². The number of piperidine rings is 1. The molecule has 0 aliphatic carbocycles. The normalized spacial score (nSPS) is 15.1. The van der Waals surface area contributed by atoms with E-state index in [0.29, 0.717) is 18.9 Å². The highest BCUT2D eigenvalue weighted by molar-refractivity contribution is 7.13. The van der Waals surface area contributed by atoms with Gasteiger partial charge in [-0.15, -0.1) is 11.3 Å². The number of thiazole rings is 1. The van der Waals surface area contributed by atoms with E-state index in [2.05, 4.69) is 22.1 Å². The van der Waals surface area contributed by atoms with Crippen LogP contribution in [0.5, 0.6) is 5.75 Å². The molecule has 1 fully saturated rings. The zero-order valence-electron chi connectivity index (χ0n) is 18.4. The summed E-state index contributed by atoms with van der Waals surface area (Å²) in [6.07, 6.45) is 4.76. The van der Waals surface area contributed by atoms with Gasteiger partial charge in [0.05, 0.1) is 24.8 Å². The molecule has 2 heterocycles. The number of aromatic nitrogens is 1. The van der Waals surface area contributed by atoms with Crippen molar-refractivity contribution >= 4 is 28.1 Å². The van der Waals surface area contributed by atoms with Gasteiger partial charge in [0.1, 0.15) is 0 Å². The maximum atomic E-state index is 14.3. The number of likely N-dealkylation sites (tertiary alicyclic amines) is 1. The van der Waals surface area contributed by atoms with Crippen molar-refractivity contribution < 1.29 is 18.7 Å². The Morgan fingerprint density at radius 2 is 2.10 bits per heavy atom. The lowest BCUT2D eigenvalue weighted by atomic mass is 9.97. The van der Waals surface area contributed by atoms with Crippen LogP contribution in [0.1, 0.15) is 51.6 Å². The number of carbonyl (C=O) groups is 1. The Balaban J connectivity index is 1.47. The highest BCUT2D eigenvalue weighted by atomic mass is 32.1. The average molecular weight is 450 g/mol. The van der Waals surface area contributed by atoms with Gasteiger partial charge in [0.2, 0.25) is 0 Å². The Bertz CT molecular complexity index is 837. The second-order valence-corrected chi connectivity index (χ2v) is 8.63. The van der Waals surface area contributed by atoms with E-state index in [0.717, 1.165) is 62.6 Å². The van der Waals surface area contributed by atoms with Crippen LogP contribution in [0.25, 0.3) is 0 Å². The molecule has 31 heavy (non-hydrogen) atoms. The smallest absolute Gasteiger partial charge is 0.309 e. The van der Waals surface area contributed by atoms with Crippen molar-refractivity contribution in [2.45, 2.75) is 52.5 Å². The van der Waals surface area contributed by atoms with Gasteiger partial charge in [-0.2, -0.15) is 0 Å². The first kappa shape index (κ1) is 23.5. The SMILES string of the molecule is CCCCCOc1ccc(Nc2nc(CN3CCC(C(=O)OCC)CC3)cs2)cc1F. The van der Waals surface area contributed by atoms with Crippen LogP contribution in [0.2, 0.25) is 0 Å². The summed E-state index contributed by atoms with van der Waals surface area (Å²) in [4.78, 5) is 18.8. The first-order valence-corrected chi connectivity index (χ1v) is 12.0. The number of halogens is 1. The standard InChI is InChI=1S/C23H32FN3O3S/c1-3-5-6-13-30-21-8-7-18(14-20(21)24)25-23-26-19(16-31-23)15-27-11-9-17(10-12-27)22(28)29-4-2/h7-8,14,16-17H,3-6,9-13,15H2,1-2H3,(H,25,26). The summed E-state index contributed by atoms with van der Waals surface area (Å²) < 4.78 is 24.9. The number of benzene rings is 1. The molecule has 0 spiro atoms. The average Bonchev–Trinajstić information content (AvgIpc) is 3.20. The van der Waals surface area contributed by atoms with Crippen molar-refractivity contribution in [2.75, 3.05) is 31.6 Å². The molecule has 1 aliphatic heterocycles. The van der Waals surface area contributed by atoms with E-state index < -0.39 is 0 Å². The molecule has 3 rings (SSSR count). The monoisotopic (exact) mass is 449 g/mol. The summed E-state index contributed by atoms with van der Waals surface area (Å²) in [7, 11) is 0. The maximum Gasteiger partial charge on any atom is 0.309 e. The summed E-state index contributed by atoms with van der Waals surface area (Å²) in [5.74, 6) is -0.153. The van der Waals surface area contributed by atoms with Crippen LogP contribution in [0.4, 0.5) is 15.2 Å². The van der Waals surface area contributed by atoms with Gasteiger partial charge in [-0.1, -0.05) is 19.8 Å². The van der Waals surface area contributed by atoms with Gasteiger partial charge in [0.25, 0.3) is 0 Å². The van der Waals surface area contributed by atoms with E-state index in [1.165, 1.54) is 17.4 Å². The van der Waals surface area contributed by atoms with Crippen molar-refractivity contribution in [1.29, 1.82) is 0 Å². The number of esters is 1. The number of rotatable bonds is 11. The van der Waals surface area contributed by atoms with Gasteiger partial charge in [-0.25, -0.2) is 9.37 Å². The number of nitrogens with one attached hydrogen (secondary N) is 1. The largest absolute Gasteiger partial charge is 0.491 e. The Hall–Kier alpha value is -2.19. The van der Waals surface area contributed by atoms with E-state index >= 15 is 0 Å². The van der Waals surface area contributed by atoms with Gasteiger partial charge < -0.3 is 14.8 Å². The zero-order valence-corrected chi connectivity index (χ0v) is 19.2. The minimum atomic E-state index is -0.372. The summed E-state index contributed by atoms with van der Waals surface area (Å²) in [5.41, 5.74) is 1.62. The molecule has 6 nitrogen and oxygen atoms in total. The number of unbranched alkanes of at least 4 members (excludes halogenated alkanes) is 2. The van der Waals surface area contributed by atoms with Crippen molar-refractivity contribution in [3.8, 4) is 5.75 Å². The Morgan fingerprint density at radius 3 is 2.81 bits per heavy atom. The summed E-state index contributed by atoms with van der Waals surface area (Å²) >= 11 is 1.50. The Labute approximate surface area is 187 Å². The Morgan fingerprint density at radius 1 is 1.29 bits per heavy atom. The topological polar surface area (TPSA) is 63.7 Å². The second kappa shape index (κ2) is 12.0. The molecule has 0 amide bonds. The van der Waals surface area contributed by atoms with Crippen LogP contribution in [0, 0.1) is 11.7 Å². The van der Waals surface area contributed by atoms with E-state index in [4.69, 9.17) is 9.47 Å². The van der Waals surface area contributed by atoms with Crippen LogP contribution >= 0.6 is 11.3 Å². The molecule has 8 heteroatoms. The Kier molecular flexibility index (Phi) is 9.09. The lowest BCUT2D eigenvalue weighted by Crippen LogP contribution is -2.36. The zero-order chi connectivity index (χ0) is 22.1. The molecule has 0 saturated carbocycles. The lowest BCUT2D eigenvalue weighted by molar-refractivity contribution is -0.149. The molecule has 1 aromatic carbocycles. The van der Waals surface area contributed by atoms with Gasteiger partial charge >= 0.3 is 5.97 Å². The molecule has 1 aliphatic rings. The van der Waals surface area contributed by atoms with Crippen LogP contribution in [-0.4, -0.2) is 42.2 Å².